The number of allylic oxidation sites excluding steroid dienone is 4. The Kier molecular flexibility index (Phi) is 2.51. The van der Waals surface area contributed by atoms with Crippen molar-refractivity contribution in [1.29, 1.82) is 0 Å². The van der Waals surface area contributed by atoms with Crippen LogP contribution < -0.4 is 0 Å². The minimum Gasteiger partial charge on any atom is -0.298 e. The molecule has 0 heterocycles. The third-order valence-electron chi connectivity index (χ3n) is 1.22. The summed E-state index contributed by atoms with van der Waals surface area (Å²) >= 11 is 8.18. The normalized spacial score (nSPS) is 17.9. The lowest BCUT2D eigenvalue weighted by molar-refractivity contribution is -0.104. The lowest BCUT2D eigenvalue weighted by Crippen LogP contribution is -2.03. The molecule has 1 rings (SSSR count). The van der Waals surface area contributed by atoms with Crippen LogP contribution in [0.15, 0.2) is 22.2 Å². The second kappa shape index (κ2) is 3.21. The Morgan fingerprint density at radius 1 is 1.70 bits per heavy atom. The van der Waals surface area contributed by atoms with Crippen molar-refractivity contribution >= 4 is 39.3 Å². The molecule has 0 aliphatic heterocycles. The molecule has 0 fully saturated rings. The van der Waals surface area contributed by atoms with Gasteiger partial charge in [0.1, 0.15) is 0 Å². The molecule has 0 amide bonds. The van der Waals surface area contributed by atoms with Crippen LogP contribution in [0, 0.1) is 0 Å². The van der Waals surface area contributed by atoms with E-state index >= 15 is 0 Å². The lowest BCUT2D eigenvalue weighted by atomic mass is 10.1. The molecule has 0 aromatic carbocycles. The number of rotatable bonds is 1. The van der Waals surface area contributed by atoms with Crippen LogP contribution in [0.1, 0.15) is 6.42 Å². The van der Waals surface area contributed by atoms with E-state index in [0.29, 0.717) is 12.0 Å². The van der Waals surface area contributed by atoms with Crippen molar-refractivity contribution in [3.63, 3.8) is 0 Å². The molecule has 0 radical (unpaired) electrons. The van der Waals surface area contributed by atoms with E-state index in [1.165, 1.54) is 0 Å². The van der Waals surface area contributed by atoms with E-state index in [2.05, 4.69) is 15.9 Å². The first kappa shape index (κ1) is 7.82. The SMILES string of the molecule is O=CC1=CC(Br)=CCC1=S. The fourth-order valence-electron chi connectivity index (χ4n) is 0.696. The van der Waals surface area contributed by atoms with Crippen molar-refractivity contribution in [2.75, 3.05) is 0 Å². The van der Waals surface area contributed by atoms with Gasteiger partial charge in [0.2, 0.25) is 0 Å². The summed E-state index contributed by atoms with van der Waals surface area (Å²) in [4.78, 5) is 11.0. The van der Waals surface area contributed by atoms with Gasteiger partial charge < -0.3 is 0 Å². The van der Waals surface area contributed by atoms with Crippen molar-refractivity contribution in [3.05, 3.63) is 22.2 Å². The summed E-state index contributed by atoms with van der Waals surface area (Å²) in [6.07, 6.45) is 5.16. The highest BCUT2D eigenvalue weighted by atomic mass is 79.9. The number of carbonyl (C=O) groups is 1. The summed E-state index contributed by atoms with van der Waals surface area (Å²) in [6, 6.07) is 0. The van der Waals surface area contributed by atoms with Gasteiger partial charge in [0, 0.05) is 21.3 Å². The highest BCUT2D eigenvalue weighted by Gasteiger charge is 2.07. The van der Waals surface area contributed by atoms with Crippen molar-refractivity contribution in [2.45, 2.75) is 6.42 Å². The van der Waals surface area contributed by atoms with Crippen molar-refractivity contribution in [2.24, 2.45) is 0 Å². The van der Waals surface area contributed by atoms with E-state index in [9.17, 15) is 4.79 Å². The number of hydrogen-bond acceptors (Lipinski definition) is 2. The third kappa shape index (κ3) is 1.61. The van der Waals surface area contributed by atoms with Gasteiger partial charge in [-0.25, -0.2) is 0 Å². The summed E-state index contributed by atoms with van der Waals surface area (Å²) in [7, 11) is 0. The minimum atomic E-state index is 0.615. The van der Waals surface area contributed by atoms with Crippen LogP contribution in [0.25, 0.3) is 0 Å². The second-order valence-electron chi connectivity index (χ2n) is 1.93. The van der Waals surface area contributed by atoms with Crippen LogP contribution in [-0.4, -0.2) is 11.2 Å². The number of thiocarbonyl (C=S) groups is 1. The fraction of sp³-hybridized carbons (Fsp3) is 0.143. The van der Waals surface area contributed by atoms with Gasteiger partial charge in [-0.2, -0.15) is 0 Å². The zero-order chi connectivity index (χ0) is 7.56. The van der Waals surface area contributed by atoms with E-state index in [0.717, 1.165) is 15.6 Å². The predicted molar refractivity (Wildman–Crippen MR) is 48.4 cm³/mol. The van der Waals surface area contributed by atoms with Crippen molar-refractivity contribution in [1.82, 2.24) is 0 Å². The van der Waals surface area contributed by atoms with Crippen LogP contribution in [-0.2, 0) is 4.79 Å². The van der Waals surface area contributed by atoms with E-state index < -0.39 is 0 Å². The minimum absolute atomic E-state index is 0.615. The van der Waals surface area contributed by atoms with Crippen LogP contribution in [0.3, 0.4) is 0 Å². The average Bonchev–Trinajstić information content (AvgIpc) is 1.94. The number of halogens is 1. The molecule has 0 bridgehead atoms. The molecule has 0 atom stereocenters. The Labute approximate surface area is 72.9 Å². The smallest absolute Gasteiger partial charge is 0.151 e. The van der Waals surface area contributed by atoms with Crippen LogP contribution in [0.5, 0.6) is 0 Å². The highest BCUT2D eigenvalue weighted by molar-refractivity contribution is 9.11. The van der Waals surface area contributed by atoms with E-state index in [-0.39, 0.29) is 0 Å². The van der Waals surface area contributed by atoms with Gasteiger partial charge in [-0.15, -0.1) is 0 Å². The third-order valence-corrected chi connectivity index (χ3v) is 2.18. The van der Waals surface area contributed by atoms with Gasteiger partial charge in [-0.05, 0) is 6.08 Å². The first-order chi connectivity index (χ1) is 4.74. The highest BCUT2D eigenvalue weighted by Crippen LogP contribution is 2.18. The maximum atomic E-state index is 10.3. The summed E-state index contributed by atoms with van der Waals surface area (Å²) in [5, 5.41) is 0. The molecule has 0 spiro atoms. The van der Waals surface area contributed by atoms with Gasteiger partial charge in [0.15, 0.2) is 6.29 Å². The molecule has 1 aliphatic carbocycles. The monoisotopic (exact) mass is 216 g/mol. The first-order valence-corrected chi connectivity index (χ1v) is 4.00. The maximum absolute atomic E-state index is 10.3. The van der Waals surface area contributed by atoms with E-state index in [1.54, 1.807) is 6.08 Å². The summed E-state index contributed by atoms with van der Waals surface area (Å²) in [5.41, 5.74) is 0.615. The van der Waals surface area contributed by atoms with Crippen molar-refractivity contribution in [3.8, 4) is 0 Å². The zero-order valence-corrected chi connectivity index (χ0v) is 7.54. The zero-order valence-electron chi connectivity index (χ0n) is 5.13. The van der Waals surface area contributed by atoms with Crippen LogP contribution in [0.4, 0.5) is 0 Å². The molecule has 1 aliphatic rings. The molecule has 3 heteroatoms. The van der Waals surface area contributed by atoms with Gasteiger partial charge in [0.25, 0.3) is 0 Å². The van der Waals surface area contributed by atoms with Gasteiger partial charge in [0.05, 0.1) is 0 Å². The largest absolute Gasteiger partial charge is 0.298 e. The molecule has 0 N–H and O–H groups in total. The van der Waals surface area contributed by atoms with Gasteiger partial charge in [-0.1, -0.05) is 34.2 Å². The van der Waals surface area contributed by atoms with E-state index in [1.807, 2.05) is 6.08 Å². The number of aldehydes is 1. The molecule has 0 saturated carbocycles. The summed E-state index contributed by atoms with van der Waals surface area (Å²) in [6.45, 7) is 0. The first-order valence-electron chi connectivity index (χ1n) is 2.80. The second-order valence-corrected chi connectivity index (χ2v) is 3.34. The summed E-state index contributed by atoms with van der Waals surface area (Å²) in [5.74, 6) is 0. The van der Waals surface area contributed by atoms with Crippen molar-refractivity contribution < 1.29 is 4.79 Å². The number of carbonyl (C=O) groups excluding carboxylic acids is 1. The van der Waals surface area contributed by atoms with Crippen LogP contribution in [0.2, 0.25) is 0 Å². The van der Waals surface area contributed by atoms with Gasteiger partial charge in [-0.3, -0.25) is 4.79 Å². The molecule has 0 unspecified atom stereocenters. The molecule has 0 saturated heterocycles. The molecule has 1 nitrogen and oxygen atoms in total. The Bertz CT molecular complexity index is 240. The topological polar surface area (TPSA) is 17.1 Å². The lowest BCUT2D eigenvalue weighted by Gasteiger charge is -2.04. The van der Waals surface area contributed by atoms with E-state index in [4.69, 9.17) is 12.2 Å². The Hall–Kier alpha value is -0.280. The molecular formula is C7H5BrOS. The molecular weight excluding hydrogens is 212 g/mol. The molecule has 0 aromatic heterocycles. The Balaban J connectivity index is 2.94. The number of hydrogen-bond donors (Lipinski definition) is 0. The standard InChI is InChI=1S/C7H5BrOS/c8-6-1-2-7(10)5(3-6)4-9/h1,3-4H,2H2. The Morgan fingerprint density at radius 2 is 2.40 bits per heavy atom. The average molecular weight is 217 g/mol. The van der Waals surface area contributed by atoms with Gasteiger partial charge >= 0.3 is 0 Å². The quantitative estimate of drug-likeness (QED) is 0.494. The molecule has 52 valence electrons. The predicted octanol–water partition coefficient (Wildman–Crippen LogP) is 2.16. The maximum Gasteiger partial charge on any atom is 0.151 e. The Morgan fingerprint density at radius 3 is 2.90 bits per heavy atom. The summed E-state index contributed by atoms with van der Waals surface area (Å²) < 4.78 is 0.934. The fourth-order valence-corrected chi connectivity index (χ4v) is 1.29. The molecule has 0 aromatic rings. The van der Waals surface area contributed by atoms with Crippen LogP contribution >= 0.6 is 28.1 Å². The molecule has 10 heavy (non-hydrogen) atoms.